The molecule has 1 aromatic carbocycles. The molecule has 0 bridgehead atoms. The normalized spacial score (nSPS) is 18.8. The number of nitrogens with one attached hydrogen (secondary N) is 1. The van der Waals surface area contributed by atoms with Gasteiger partial charge in [-0.05, 0) is 24.0 Å². The minimum Gasteiger partial charge on any atom is -0.480 e. The minimum absolute atomic E-state index is 0.181. The van der Waals surface area contributed by atoms with E-state index in [2.05, 4.69) is 5.32 Å². The molecule has 4 nitrogen and oxygen atoms in total. The third-order valence-electron chi connectivity index (χ3n) is 3.19. The largest absolute Gasteiger partial charge is 0.480 e. The van der Waals surface area contributed by atoms with Crippen LogP contribution in [-0.4, -0.2) is 23.0 Å². The quantitative estimate of drug-likeness (QED) is 0.823. The smallest absolute Gasteiger partial charge is 0.326 e. The van der Waals surface area contributed by atoms with Gasteiger partial charge in [0, 0.05) is 0 Å². The second-order valence-electron chi connectivity index (χ2n) is 4.26. The molecule has 0 radical (unpaired) electrons. The van der Waals surface area contributed by atoms with Gasteiger partial charge < -0.3 is 10.4 Å². The summed E-state index contributed by atoms with van der Waals surface area (Å²) in [6.45, 7) is 1.74. The molecular weight excluding hydrogens is 218 g/mol. The highest BCUT2D eigenvalue weighted by atomic mass is 16.4. The molecule has 0 saturated heterocycles. The number of aliphatic carboxylic acids is 1. The van der Waals surface area contributed by atoms with Crippen LogP contribution in [0.4, 0.5) is 0 Å². The molecule has 0 heterocycles. The summed E-state index contributed by atoms with van der Waals surface area (Å²) in [6.07, 6.45) is 1.10. The Morgan fingerprint density at radius 3 is 2.76 bits per heavy atom. The van der Waals surface area contributed by atoms with Crippen molar-refractivity contribution in [3.8, 4) is 0 Å². The first-order chi connectivity index (χ1) is 8.13. The van der Waals surface area contributed by atoms with Gasteiger partial charge in [0.2, 0.25) is 5.91 Å². The third kappa shape index (κ3) is 2.16. The van der Waals surface area contributed by atoms with Crippen molar-refractivity contribution in [1.29, 1.82) is 0 Å². The maximum atomic E-state index is 11.9. The zero-order valence-corrected chi connectivity index (χ0v) is 9.64. The highest BCUT2D eigenvalue weighted by Crippen LogP contribution is 2.34. The van der Waals surface area contributed by atoms with Crippen LogP contribution in [0.2, 0.25) is 0 Å². The zero-order chi connectivity index (χ0) is 12.4. The van der Waals surface area contributed by atoms with Gasteiger partial charge in [0.1, 0.15) is 6.04 Å². The number of carbonyl (C=O) groups is 2. The summed E-state index contributed by atoms with van der Waals surface area (Å²) in [5.41, 5.74) is 2.20. The molecule has 90 valence electrons. The Morgan fingerprint density at radius 2 is 2.18 bits per heavy atom. The predicted octanol–water partition coefficient (Wildman–Crippen LogP) is 1.31. The summed E-state index contributed by atoms with van der Waals surface area (Å²) in [6, 6.07) is 6.97. The van der Waals surface area contributed by atoms with E-state index in [9.17, 15) is 9.59 Å². The van der Waals surface area contributed by atoms with Crippen LogP contribution in [0.3, 0.4) is 0 Å². The van der Waals surface area contributed by atoms with Crippen LogP contribution in [0.25, 0.3) is 0 Å². The third-order valence-corrected chi connectivity index (χ3v) is 3.19. The van der Waals surface area contributed by atoms with Gasteiger partial charge in [-0.15, -0.1) is 0 Å². The Bertz CT molecular complexity index is 456. The Morgan fingerprint density at radius 1 is 1.47 bits per heavy atom. The van der Waals surface area contributed by atoms with E-state index in [-0.39, 0.29) is 11.8 Å². The van der Waals surface area contributed by atoms with Crippen LogP contribution in [0.1, 0.15) is 30.4 Å². The number of amides is 1. The van der Waals surface area contributed by atoms with Crippen LogP contribution in [-0.2, 0) is 16.0 Å². The standard InChI is InChI=1S/C13H15NO3/c1-2-11(13(16)17)14-12(15)10-7-8-5-3-4-6-9(8)10/h3-6,10-11H,2,7H2,1H3,(H,14,15)(H,16,17). The average Bonchev–Trinajstić information content (AvgIpc) is 2.27. The summed E-state index contributed by atoms with van der Waals surface area (Å²) in [4.78, 5) is 22.7. The summed E-state index contributed by atoms with van der Waals surface area (Å²) in [5, 5.41) is 11.4. The maximum Gasteiger partial charge on any atom is 0.326 e. The number of rotatable bonds is 4. The zero-order valence-electron chi connectivity index (χ0n) is 9.64. The number of carbonyl (C=O) groups excluding carboxylic acids is 1. The number of fused-ring (bicyclic) bond motifs is 1. The van der Waals surface area contributed by atoms with Gasteiger partial charge in [-0.25, -0.2) is 4.79 Å². The molecule has 0 saturated carbocycles. The summed E-state index contributed by atoms with van der Waals surface area (Å²) in [5.74, 6) is -1.34. The lowest BCUT2D eigenvalue weighted by Gasteiger charge is -2.29. The average molecular weight is 233 g/mol. The molecule has 0 fully saturated rings. The molecule has 2 atom stereocenters. The summed E-state index contributed by atoms with van der Waals surface area (Å²) in [7, 11) is 0. The number of hydrogen-bond acceptors (Lipinski definition) is 2. The second kappa shape index (κ2) is 4.57. The van der Waals surface area contributed by atoms with Crippen LogP contribution < -0.4 is 5.32 Å². The van der Waals surface area contributed by atoms with Gasteiger partial charge in [0.15, 0.2) is 0 Å². The molecule has 2 rings (SSSR count). The molecule has 17 heavy (non-hydrogen) atoms. The lowest BCUT2D eigenvalue weighted by Crippen LogP contribution is -2.44. The van der Waals surface area contributed by atoms with Crippen molar-refractivity contribution in [3.05, 3.63) is 35.4 Å². The fourth-order valence-electron chi connectivity index (χ4n) is 2.10. The van der Waals surface area contributed by atoms with Gasteiger partial charge in [-0.1, -0.05) is 31.2 Å². The van der Waals surface area contributed by atoms with Crippen LogP contribution in [0.5, 0.6) is 0 Å². The molecular formula is C13H15NO3. The molecule has 0 spiro atoms. The first-order valence-corrected chi connectivity index (χ1v) is 5.74. The SMILES string of the molecule is CCC(NC(=O)C1Cc2ccccc21)C(=O)O. The van der Waals surface area contributed by atoms with Crippen molar-refractivity contribution in [3.63, 3.8) is 0 Å². The van der Waals surface area contributed by atoms with Gasteiger partial charge in [0.05, 0.1) is 5.92 Å². The van der Waals surface area contributed by atoms with E-state index >= 15 is 0 Å². The van der Waals surface area contributed by atoms with Crippen molar-refractivity contribution in [2.24, 2.45) is 0 Å². The van der Waals surface area contributed by atoms with Crippen LogP contribution in [0, 0.1) is 0 Å². The molecule has 4 heteroatoms. The van der Waals surface area contributed by atoms with Crippen LogP contribution in [0.15, 0.2) is 24.3 Å². The number of hydrogen-bond donors (Lipinski definition) is 2. The molecule has 0 aromatic heterocycles. The van der Waals surface area contributed by atoms with Crippen molar-refractivity contribution in [2.45, 2.75) is 31.7 Å². The van der Waals surface area contributed by atoms with Crippen molar-refractivity contribution in [1.82, 2.24) is 5.32 Å². The van der Waals surface area contributed by atoms with Crippen molar-refractivity contribution in [2.75, 3.05) is 0 Å². The lowest BCUT2D eigenvalue weighted by molar-refractivity contribution is -0.142. The first kappa shape index (κ1) is 11.6. The summed E-state index contributed by atoms with van der Waals surface area (Å²) >= 11 is 0. The second-order valence-corrected chi connectivity index (χ2v) is 4.26. The molecule has 1 aliphatic rings. The van der Waals surface area contributed by atoms with Gasteiger partial charge in [-0.2, -0.15) is 0 Å². The van der Waals surface area contributed by atoms with E-state index in [4.69, 9.17) is 5.11 Å². The van der Waals surface area contributed by atoms with Crippen molar-refractivity contribution < 1.29 is 14.7 Å². The number of benzene rings is 1. The fourth-order valence-corrected chi connectivity index (χ4v) is 2.10. The molecule has 1 amide bonds. The topological polar surface area (TPSA) is 66.4 Å². The Hall–Kier alpha value is -1.84. The minimum atomic E-state index is -0.978. The molecule has 0 aliphatic heterocycles. The molecule has 1 aliphatic carbocycles. The Labute approximate surface area is 99.6 Å². The van der Waals surface area contributed by atoms with E-state index in [1.165, 1.54) is 5.56 Å². The molecule has 1 aromatic rings. The van der Waals surface area contributed by atoms with Crippen molar-refractivity contribution >= 4 is 11.9 Å². The highest BCUT2D eigenvalue weighted by molar-refractivity contribution is 5.90. The van der Waals surface area contributed by atoms with E-state index < -0.39 is 12.0 Å². The highest BCUT2D eigenvalue weighted by Gasteiger charge is 2.33. The van der Waals surface area contributed by atoms with Gasteiger partial charge in [-0.3, -0.25) is 4.79 Å². The fraction of sp³-hybridized carbons (Fsp3) is 0.385. The Kier molecular flexibility index (Phi) is 3.13. The van der Waals surface area contributed by atoms with Gasteiger partial charge in [0.25, 0.3) is 0 Å². The predicted molar refractivity (Wildman–Crippen MR) is 62.7 cm³/mol. The monoisotopic (exact) mass is 233 g/mol. The lowest BCUT2D eigenvalue weighted by atomic mass is 9.77. The van der Waals surface area contributed by atoms with E-state index in [0.717, 1.165) is 5.56 Å². The molecule has 2 unspecified atom stereocenters. The first-order valence-electron chi connectivity index (χ1n) is 5.74. The number of carboxylic acids is 1. The maximum absolute atomic E-state index is 11.9. The van der Waals surface area contributed by atoms with Crippen LogP contribution >= 0.6 is 0 Å². The van der Waals surface area contributed by atoms with Gasteiger partial charge >= 0.3 is 5.97 Å². The van der Waals surface area contributed by atoms with E-state index in [1.807, 2.05) is 24.3 Å². The molecule has 2 N–H and O–H groups in total. The Balaban J connectivity index is 2.02. The van der Waals surface area contributed by atoms with E-state index in [0.29, 0.717) is 12.8 Å². The number of carboxylic acid groups (broad SMARTS) is 1. The summed E-state index contributed by atoms with van der Waals surface area (Å²) < 4.78 is 0. The van der Waals surface area contributed by atoms with E-state index in [1.54, 1.807) is 6.92 Å².